The number of fused-ring (bicyclic) bond motifs is 1. The van der Waals surface area contributed by atoms with E-state index in [9.17, 15) is 0 Å². The molecule has 116 valence electrons. The number of hydrogen-bond acceptors (Lipinski definition) is 2. The highest BCUT2D eigenvalue weighted by Crippen LogP contribution is 2.51. The fraction of sp³-hybridized carbons (Fsp3) is 1.00. The molecular formula is C18H34N2. The second-order valence-electron chi connectivity index (χ2n) is 8.23. The molecule has 2 nitrogen and oxygen atoms in total. The van der Waals surface area contributed by atoms with Crippen molar-refractivity contribution in [2.45, 2.75) is 57.8 Å². The van der Waals surface area contributed by atoms with E-state index < -0.39 is 0 Å². The second kappa shape index (κ2) is 6.36. The van der Waals surface area contributed by atoms with Crippen molar-refractivity contribution in [3.63, 3.8) is 0 Å². The van der Waals surface area contributed by atoms with Gasteiger partial charge in [-0.05, 0) is 83.1 Å². The van der Waals surface area contributed by atoms with E-state index in [4.69, 9.17) is 0 Å². The highest BCUT2D eigenvalue weighted by Gasteiger charge is 2.44. The van der Waals surface area contributed by atoms with E-state index in [1.165, 1.54) is 51.9 Å². The molecule has 3 atom stereocenters. The average Bonchev–Trinajstić information content (AvgIpc) is 2.81. The molecule has 0 amide bonds. The van der Waals surface area contributed by atoms with E-state index in [0.29, 0.717) is 0 Å². The second-order valence-corrected chi connectivity index (χ2v) is 8.23. The van der Waals surface area contributed by atoms with Crippen LogP contribution in [0.5, 0.6) is 0 Å². The van der Waals surface area contributed by atoms with Crippen LogP contribution in [0, 0.1) is 17.3 Å². The first-order chi connectivity index (χ1) is 9.67. The first-order valence-corrected chi connectivity index (χ1v) is 9.04. The van der Waals surface area contributed by atoms with Gasteiger partial charge in [0.25, 0.3) is 0 Å². The van der Waals surface area contributed by atoms with Crippen LogP contribution < -0.4 is 0 Å². The molecule has 1 heterocycles. The Labute approximate surface area is 125 Å². The van der Waals surface area contributed by atoms with E-state index in [1.54, 1.807) is 32.1 Å². The van der Waals surface area contributed by atoms with E-state index in [-0.39, 0.29) is 0 Å². The summed E-state index contributed by atoms with van der Waals surface area (Å²) in [5.74, 6) is 2.20. The van der Waals surface area contributed by atoms with Gasteiger partial charge in [-0.2, -0.15) is 0 Å². The molecule has 3 fully saturated rings. The molecule has 1 spiro atoms. The van der Waals surface area contributed by atoms with Crippen molar-refractivity contribution in [2.75, 3.05) is 40.3 Å². The van der Waals surface area contributed by atoms with Gasteiger partial charge in [-0.3, -0.25) is 0 Å². The predicted octanol–water partition coefficient (Wildman–Crippen LogP) is 3.62. The van der Waals surface area contributed by atoms with E-state index in [2.05, 4.69) is 23.9 Å². The van der Waals surface area contributed by atoms with Crippen LogP contribution in [0.15, 0.2) is 0 Å². The van der Waals surface area contributed by atoms with Crippen molar-refractivity contribution in [3.05, 3.63) is 0 Å². The van der Waals surface area contributed by atoms with Crippen LogP contribution in [0.4, 0.5) is 0 Å². The standard InChI is InChI=1S/C18H34N2/c1-19(2)11-5-12-20-13-10-18(15-20)9-8-16-6-3-4-7-17(16)14-18/h16-17H,3-15H2,1-2H3/t16-,17+,18+/m1/s1. The molecule has 3 aliphatic rings. The lowest BCUT2D eigenvalue weighted by Gasteiger charge is -2.45. The molecular weight excluding hydrogens is 244 g/mol. The van der Waals surface area contributed by atoms with E-state index >= 15 is 0 Å². The zero-order valence-corrected chi connectivity index (χ0v) is 13.7. The Bertz CT molecular complexity index is 315. The molecule has 0 N–H and O–H groups in total. The molecule has 0 aromatic rings. The smallest absolute Gasteiger partial charge is 0.00386 e. The van der Waals surface area contributed by atoms with Crippen LogP contribution in [-0.2, 0) is 0 Å². The Balaban J connectivity index is 1.48. The molecule has 2 saturated carbocycles. The van der Waals surface area contributed by atoms with Gasteiger partial charge < -0.3 is 9.80 Å². The maximum atomic E-state index is 2.77. The SMILES string of the molecule is CN(C)CCCN1CC[C@]2(CC[C@H]3CCCC[C@H]3C2)C1. The van der Waals surface area contributed by atoms with Crippen molar-refractivity contribution in [1.29, 1.82) is 0 Å². The van der Waals surface area contributed by atoms with Gasteiger partial charge in [0.15, 0.2) is 0 Å². The van der Waals surface area contributed by atoms with Gasteiger partial charge in [0.1, 0.15) is 0 Å². The normalized spacial score (nSPS) is 38.5. The summed E-state index contributed by atoms with van der Waals surface area (Å²) in [6.07, 6.45) is 13.6. The Morgan fingerprint density at radius 3 is 2.65 bits per heavy atom. The fourth-order valence-corrected chi connectivity index (χ4v) is 5.28. The van der Waals surface area contributed by atoms with E-state index in [1.807, 2.05) is 0 Å². The van der Waals surface area contributed by atoms with Crippen molar-refractivity contribution in [3.8, 4) is 0 Å². The minimum Gasteiger partial charge on any atom is -0.309 e. The monoisotopic (exact) mass is 278 g/mol. The molecule has 1 saturated heterocycles. The zero-order valence-electron chi connectivity index (χ0n) is 13.7. The van der Waals surface area contributed by atoms with Crippen molar-refractivity contribution >= 4 is 0 Å². The summed E-state index contributed by atoms with van der Waals surface area (Å²) < 4.78 is 0. The summed E-state index contributed by atoms with van der Waals surface area (Å²) in [5, 5.41) is 0. The third-order valence-corrected chi connectivity index (χ3v) is 6.40. The molecule has 0 radical (unpaired) electrons. The highest BCUT2D eigenvalue weighted by molar-refractivity contribution is 4.97. The molecule has 1 aliphatic heterocycles. The van der Waals surface area contributed by atoms with Crippen LogP contribution >= 0.6 is 0 Å². The lowest BCUT2D eigenvalue weighted by Crippen LogP contribution is -2.37. The van der Waals surface area contributed by atoms with Crippen LogP contribution in [0.25, 0.3) is 0 Å². The van der Waals surface area contributed by atoms with Crippen LogP contribution in [-0.4, -0.2) is 50.1 Å². The summed E-state index contributed by atoms with van der Waals surface area (Å²) in [7, 11) is 4.38. The van der Waals surface area contributed by atoms with Crippen LogP contribution in [0.2, 0.25) is 0 Å². The molecule has 2 aliphatic carbocycles. The van der Waals surface area contributed by atoms with Gasteiger partial charge in [0, 0.05) is 6.54 Å². The summed E-state index contributed by atoms with van der Waals surface area (Å²) in [4.78, 5) is 5.09. The Morgan fingerprint density at radius 2 is 1.85 bits per heavy atom. The molecule has 20 heavy (non-hydrogen) atoms. The van der Waals surface area contributed by atoms with Gasteiger partial charge in [-0.15, -0.1) is 0 Å². The quantitative estimate of drug-likeness (QED) is 0.775. The lowest BCUT2D eigenvalue weighted by molar-refractivity contribution is 0.0634. The van der Waals surface area contributed by atoms with Crippen LogP contribution in [0.1, 0.15) is 57.8 Å². The molecule has 0 unspecified atom stereocenters. The third-order valence-electron chi connectivity index (χ3n) is 6.40. The first kappa shape index (κ1) is 14.8. The maximum Gasteiger partial charge on any atom is 0.00386 e. The van der Waals surface area contributed by atoms with Crippen molar-refractivity contribution < 1.29 is 0 Å². The number of nitrogens with zero attached hydrogens (tertiary/aromatic N) is 2. The molecule has 0 aromatic carbocycles. The highest BCUT2D eigenvalue weighted by atomic mass is 15.2. The van der Waals surface area contributed by atoms with E-state index in [0.717, 1.165) is 17.3 Å². The average molecular weight is 278 g/mol. The van der Waals surface area contributed by atoms with Gasteiger partial charge in [0.2, 0.25) is 0 Å². The summed E-state index contributed by atoms with van der Waals surface area (Å²) >= 11 is 0. The summed E-state index contributed by atoms with van der Waals surface area (Å²) in [6, 6.07) is 0. The number of likely N-dealkylation sites (tertiary alicyclic amines) is 1. The zero-order chi connectivity index (χ0) is 14.0. The van der Waals surface area contributed by atoms with Crippen molar-refractivity contribution in [2.24, 2.45) is 17.3 Å². The maximum absolute atomic E-state index is 2.77. The Kier molecular flexibility index (Phi) is 4.72. The molecule has 2 heteroatoms. The molecule has 0 aromatic heterocycles. The minimum atomic E-state index is 0.733. The fourth-order valence-electron chi connectivity index (χ4n) is 5.28. The van der Waals surface area contributed by atoms with Gasteiger partial charge in [0.05, 0.1) is 0 Å². The first-order valence-electron chi connectivity index (χ1n) is 9.04. The number of rotatable bonds is 4. The third kappa shape index (κ3) is 3.39. The lowest BCUT2D eigenvalue weighted by atomic mass is 9.61. The Hall–Kier alpha value is -0.0800. The van der Waals surface area contributed by atoms with Crippen molar-refractivity contribution in [1.82, 2.24) is 9.80 Å². The van der Waals surface area contributed by atoms with Crippen LogP contribution in [0.3, 0.4) is 0 Å². The predicted molar refractivity (Wildman–Crippen MR) is 86.0 cm³/mol. The topological polar surface area (TPSA) is 6.48 Å². The molecule has 3 rings (SSSR count). The molecule has 0 bridgehead atoms. The summed E-state index contributed by atoms with van der Waals surface area (Å²) in [6.45, 7) is 5.37. The van der Waals surface area contributed by atoms with Gasteiger partial charge in [-0.1, -0.05) is 25.7 Å². The largest absolute Gasteiger partial charge is 0.309 e. The summed E-state index contributed by atoms with van der Waals surface area (Å²) in [5.41, 5.74) is 0.733. The number of hydrogen-bond donors (Lipinski definition) is 0. The minimum absolute atomic E-state index is 0.733. The van der Waals surface area contributed by atoms with Gasteiger partial charge >= 0.3 is 0 Å². The van der Waals surface area contributed by atoms with Gasteiger partial charge in [-0.25, -0.2) is 0 Å². The Morgan fingerprint density at radius 1 is 1.05 bits per heavy atom.